The molecule has 1 aromatic rings. The quantitative estimate of drug-likeness (QED) is 0.588. The van der Waals surface area contributed by atoms with E-state index in [0.717, 1.165) is 0 Å². The van der Waals surface area contributed by atoms with Crippen LogP contribution in [0.4, 0.5) is 11.4 Å². The summed E-state index contributed by atoms with van der Waals surface area (Å²) < 4.78 is 10.0. The van der Waals surface area contributed by atoms with Crippen molar-refractivity contribution in [2.45, 2.75) is 6.92 Å². The SMILES string of the molecule is COCC(=O)Nc1ccc(NC(=O)C(C)CN(C)C)cc1OC.O=CO. The van der Waals surface area contributed by atoms with Gasteiger partial charge in [0.15, 0.2) is 0 Å². The summed E-state index contributed by atoms with van der Waals surface area (Å²) in [6, 6.07) is 5.06. The van der Waals surface area contributed by atoms with Crippen LogP contribution in [-0.4, -0.2) is 69.8 Å². The molecule has 0 fully saturated rings. The van der Waals surface area contributed by atoms with Gasteiger partial charge in [-0.25, -0.2) is 0 Å². The van der Waals surface area contributed by atoms with E-state index in [1.807, 2.05) is 25.9 Å². The topological polar surface area (TPSA) is 117 Å². The van der Waals surface area contributed by atoms with E-state index < -0.39 is 0 Å². The molecule has 3 N–H and O–H groups in total. The summed E-state index contributed by atoms with van der Waals surface area (Å²) >= 11 is 0. The maximum absolute atomic E-state index is 12.1. The van der Waals surface area contributed by atoms with Gasteiger partial charge in [0.05, 0.1) is 12.8 Å². The van der Waals surface area contributed by atoms with Crippen LogP contribution in [0.3, 0.4) is 0 Å². The van der Waals surface area contributed by atoms with Gasteiger partial charge >= 0.3 is 0 Å². The van der Waals surface area contributed by atoms with Crippen LogP contribution in [0.15, 0.2) is 18.2 Å². The minimum atomic E-state index is -0.276. The first-order chi connectivity index (χ1) is 12.3. The smallest absolute Gasteiger partial charge is 0.290 e. The van der Waals surface area contributed by atoms with Gasteiger partial charge in [0.1, 0.15) is 12.4 Å². The molecule has 1 aromatic carbocycles. The van der Waals surface area contributed by atoms with Crippen LogP contribution in [-0.2, 0) is 19.1 Å². The van der Waals surface area contributed by atoms with E-state index in [0.29, 0.717) is 23.7 Å². The highest BCUT2D eigenvalue weighted by Crippen LogP contribution is 2.28. The number of rotatable bonds is 8. The molecule has 26 heavy (non-hydrogen) atoms. The minimum Gasteiger partial charge on any atom is -0.494 e. The highest BCUT2D eigenvalue weighted by molar-refractivity contribution is 5.95. The number of amides is 2. The Balaban J connectivity index is 0.00000194. The van der Waals surface area contributed by atoms with E-state index >= 15 is 0 Å². The first-order valence-corrected chi connectivity index (χ1v) is 7.79. The number of methoxy groups -OCH3 is 2. The largest absolute Gasteiger partial charge is 0.494 e. The van der Waals surface area contributed by atoms with Crippen LogP contribution >= 0.6 is 0 Å². The van der Waals surface area contributed by atoms with E-state index in [9.17, 15) is 9.59 Å². The van der Waals surface area contributed by atoms with Crippen LogP contribution in [0, 0.1) is 5.92 Å². The standard InChI is InChI=1S/C16H25N3O4.CH2O2/c1-11(9-19(2)3)16(21)17-12-6-7-13(14(8-12)23-5)18-15(20)10-22-4;2-1-3/h6-8,11H,9-10H2,1-5H3,(H,17,21)(H,18,20);1H,(H,2,3). The van der Waals surface area contributed by atoms with Crippen LogP contribution in [0.1, 0.15) is 6.92 Å². The predicted molar refractivity (Wildman–Crippen MR) is 98.5 cm³/mol. The molecule has 0 saturated heterocycles. The molecular formula is C17H27N3O6. The molecule has 0 bridgehead atoms. The molecule has 2 amide bonds. The van der Waals surface area contributed by atoms with E-state index in [2.05, 4.69) is 10.6 Å². The first kappa shape index (κ1) is 23.4. The van der Waals surface area contributed by atoms with Gasteiger partial charge < -0.3 is 30.1 Å². The lowest BCUT2D eigenvalue weighted by Gasteiger charge is -2.17. The maximum atomic E-state index is 12.1. The van der Waals surface area contributed by atoms with Crippen molar-refractivity contribution in [3.63, 3.8) is 0 Å². The number of carboxylic acid groups (broad SMARTS) is 1. The monoisotopic (exact) mass is 369 g/mol. The average Bonchev–Trinajstić information content (AvgIpc) is 2.56. The third-order valence-electron chi connectivity index (χ3n) is 3.11. The van der Waals surface area contributed by atoms with Gasteiger partial charge in [-0.2, -0.15) is 0 Å². The predicted octanol–water partition coefficient (Wildman–Crippen LogP) is 1.12. The third kappa shape index (κ3) is 9.00. The Hall–Kier alpha value is -2.65. The van der Waals surface area contributed by atoms with E-state index in [-0.39, 0.29) is 30.8 Å². The van der Waals surface area contributed by atoms with E-state index in [1.165, 1.54) is 14.2 Å². The fourth-order valence-electron chi connectivity index (χ4n) is 2.09. The number of hydrogen-bond donors (Lipinski definition) is 3. The molecule has 1 atom stereocenters. The van der Waals surface area contributed by atoms with Gasteiger partial charge in [0.25, 0.3) is 6.47 Å². The summed E-state index contributed by atoms with van der Waals surface area (Å²) in [6.07, 6.45) is 0. The Morgan fingerprint density at radius 1 is 1.27 bits per heavy atom. The fourth-order valence-corrected chi connectivity index (χ4v) is 2.09. The molecule has 0 aliphatic carbocycles. The third-order valence-corrected chi connectivity index (χ3v) is 3.11. The van der Waals surface area contributed by atoms with Gasteiger partial charge in [-0.1, -0.05) is 6.92 Å². The van der Waals surface area contributed by atoms with Crippen molar-refractivity contribution in [2.24, 2.45) is 5.92 Å². The number of carbonyl (C=O) groups excluding carboxylic acids is 2. The summed E-state index contributed by atoms with van der Waals surface area (Å²) in [5.41, 5.74) is 1.14. The Bertz CT molecular complexity index is 592. The van der Waals surface area contributed by atoms with Gasteiger partial charge in [-0.15, -0.1) is 0 Å². The zero-order valence-corrected chi connectivity index (χ0v) is 15.7. The number of hydrogen-bond acceptors (Lipinski definition) is 6. The lowest BCUT2D eigenvalue weighted by molar-refractivity contribution is -0.123. The number of nitrogens with one attached hydrogen (secondary N) is 2. The van der Waals surface area contributed by atoms with Crippen LogP contribution in [0.25, 0.3) is 0 Å². The molecule has 0 saturated carbocycles. The highest BCUT2D eigenvalue weighted by Gasteiger charge is 2.15. The highest BCUT2D eigenvalue weighted by atomic mass is 16.5. The molecule has 1 unspecified atom stereocenters. The molecule has 0 aliphatic rings. The molecule has 0 spiro atoms. The van der Waals surface area contributed by atoms with Crippen molar-refractivity contribution in [2.75, 3.05) is 52.1 Å². The molecule has 9 nitrogen and oxygen atoms in total. The second-order valence-electron chi connectivity index (χ2n) is 5.65. The number of benzene rings is 1. The van der Waals surface area contributed by atoms with Crippen molar-refractivity contribution in [3.05, 3.63) is 18.2 Å². The number of nitrogens with zero attached hydrogens (tertiary/aromatic N) is 1. The van der Waals surface area contributed by atoms with Crippen LogP contribution in [0.5, 0.6) is 5.75 Å². The number of ether oxygens (including phenoxy) is 2. The van der Waals surface area contributed by atoms with Crippen LogP contribution in [0.2, 0.25) is 0 Å². The zero-order valence-electron chi connectivity index (χ0n) is 15.7. The van der Waals surface area contributed by atoms with Crippen LogP contribution < -0.4 is 15.4 Å². The average molecular weight is 369 g/mol. The lowest BCUT2D eigenvalue weighted by atomic mass is 10.1. The molecule has 0 aromatic heterocycles. The Morgan fingerprint density at radius 3 is 2.38 bits per heavy atom. The van der Waals surface area contributed by atoms with E-state index in [4.69, 9.17) is 19.4 Å². The van der Waals surface area contributed by atoms with Crippen molar-refractivity contribution >= 4 is 29.7 Å². The van der Waals surface area contributed by atoms with Gasteiger partial charge in [0.2, 0.25) is 11.8 Å². The van der Waals surface area contributed by atoms with Gasteiger partial charge in [-0.3, -0.25) is 14.4 Å². The fraction of sp³-hybridized carbons (Fsp3) is 0.471. The summed E-state index contributed by atoms with van der Waals surface area (Å²) in [5.74, 6) is -0.0243. The second-order valence-corrected chi connectivity index (χ2v) is 5.65. The molecule has 9 heteroatoms. The van der Waals surface area contributed by atoms with Crippen molar-refractivity contribution in [3.8, 4) is 5.75 Å². The molecule has 0 aliphatic heterocycles. The zero-order chi connectivity index (χ0) is 20.1. The molecule has 0 heterocycles. The van der Waals surface area contributed by atoms with E-state index in [1.54, 1.807) is 18.2 Å². The normalized spacial score (nSPS) is 11.0. The van der Waals surface area contributed by atoms with Crippen molar-refractivity contribution in [1.29, 1.82) is 0 Å². The molecule has 146 valence electrons. The number of anilines is 2. The van der Waals surface area contributed by atoms with Gasteiger partial charge in [-0.05, 0) is 26.2 Å². The second kappa shape index (κ2) is 12.7. The number of carbonyl (C=O) groups is 3. The summed E-state index contributed by atoms with van der Waals surface area (Å²) in [6.45, 7) is 2.24. The van der Waals surface area contributed by atoms with Gasteiger partial charge in [0, 0.05) is 31.3 Å². The Labute approximate surface area is 153 Å². The summed E-state index contributed by atoms with van der Waals surface area (Å²) in [7, 11) is 6.79. The minimum absolute atomic E-state index is 0.0380. The summed E-state index contributed by atoms with van der Waals surface area (Å²) in [5, 5.41) is 12.4. The lowest BCUT2D eigenvalue weighted by Crippen LogP contribution is -2.29. The Kier molecular flexibility index (Phi) is 11.4. The molecule has 1 rings (SSSR count). The molecular weight excluding hydrogens is 342 g/mol. The van der Waals surface area contributed by atoms with Crippen molar-refractivity contribution in [1.82, 2.24) is 4.90 Å². The maximum Gasteiger partial charge on any atom is 0.290 e. The van der Waals surface area contributed by atoms with Crippen molar-refractivity contribution < 1.29 is 29.0 Å². The molecule has 0 radical (unpaired) electrons. The first-order valence-electron chi connectivity index (χ1n) is 7.79. The Morgan fingerprint density at radius 2 is 1.88 bits per heavy atom. The summed E-state index contributed by atoms with van der Waals surface area (Å²) in [4.78, 5) is 34.0.